The Balaban J connectivity index is 1.11. The van der Waals surface area contributed by atoms with E-state index >= 15 is 0 Å². The van der Waals surface area contributed by atoms with Crippen molar-refractivity contribution in [3.63, 3.8) is 0 Å². The smallest absolute Gasteiger partial charge is 0.135 e. The summed E-state index contributed by atoms with van der Waals surface area (Å²) in [5.74, 6) is 3.53. The minimum Gasteiger partial charge on any atom is -0.456 e. The van der Waals surface area contributed by atoms with E-state index in [1.54, 1.807) is 0 Å². The normalized spacial score (nSPS) is 12.4. The molecule has 0 atom stereocenters. The van der Waals surface area contributed by atoms with Crippen LogP contribution in [0.25, 0.3) is 131 Å². The van der Waals surface area contributed by atoms with Gasteiger partial charge in [0.1, 0.15) is 23.0 Å². The van der Waals surface area contributed by atoms with E-state index in [4.69, 9.17) is 9.47 Å². The minimum atomic E-state index is 0.880. The average molecular weight is 863 g/mol. The molecule has 0 fully saturated rings. The zero-order valence-electron chi connectivity index (χ0n) is 36.8. The number of hydrogen-bond acceptors (Lipinski definition) is 2. The SMILES string of the molecule is c1ccc2c(c1)Oc1cccc3c(-c4c5ccc(-c6cccc7ccccc67)cc5c(-c5ccc6c7c(cccc57)Oc5ccccc5-6)c5ccc(-c6cccc7ccccc67)cc45)ccc-2c13. The number of para-hydroxylation sites is 2. The molecule has 13 aromatic rings. The number of fused-ring (bicyclic) bond motifs is 8. The third-order valence-electron chi connectivity index (χ3n) is 14.7. The first-order valence-electron chi connectivity index (χ1n) is 23.4. The van der Waals surface area contributed by atoms with E-state index < -0.39 is 0 Å². The van der Waals surface area contributed by atoms with Gasteiger partial charge in [-0.3, -0.25) is 0 Å². The van der Waals surface area contributed by atoms with Crippen molar-refractivity contribution in [3.8, 4) is 89.8 Å². The lowest BCUT2D eigenvalue weighted by molar-refractivity contribution is 0.487. The van der Waals surface area contributed by atoms with E-state index in [1.807, 2.05) is 12.1 Å². The van der Waals surface area contributed by atoms with Gasteiger partial charge in [0.25, 0.3) is 0 Å². The molecule has 0 bridgehead atoms. The van der Waals surface area contributed by atoms with Crippen molar-refractivity contribution in [2.75, 3.05) is 0 Å². The van der Waals surface area contributed by atoms with Crippen molar-refractivity contribution in [1.29, 1.82) is 0 Å². The molecular formula is C66H38O2. The Morgan fingerprint density at radius 3 is 1.07 bits per heavy atom. The molecule has 0 saturated heterocycles. The summed E-state index contributed by atoms with van der Waals surface area (Å²) in [5.41, 5.74) is 14.1. The van der Waals surface area contributed by atoms with Crippen LogP contribution in [0.4, 0.5) is 0 Å². The van der Waals surface area contributed by atoms with E-state index in [-0.39, 0.29) is 0 Å². The van der Waals surface area contributed by atoms with Crippen LogP contribution in [0.3, 0.4) is 0 Å². The maximum Gasteiger partial charge on any atom is 0.135 e. The predicted octanol–water partition coefficient (Wildman–Crippen LogP) is 18.8. The Morgan fingerprint density at radius 2 is 0.574 bits per heavy atom. The summed E-state index contributed by atoms with van der Waals surface area (Å²) in [7, 11) is 0. The summed E-state index contributed by atoms with van der Waals surface area (Å²) < 4.78 is 13.4. The van der Waals surface area contributed by atoms with Crippen LogP contribution in [-0.4, -0.2) is 0 Å². The molecule has 68 heavy (non-hydrogen) atoms. The molecule has 2 aliphatic heterocycles. The number of rotatable bonds is 4. The van der Waals surface area contributed by atoms with E-state index in [2.05, 4.69) is 218 Å². The van der Waals surface area contributed by atoms with Gasteiger partial charge in [-0.1, -0.05) is 194 Å². The van der Waals surface area contributed by atoms with Gasteiger partial charge in [-0.25, -0.2) is 0 Å². The van der Waals surface area contributed by atoms with Crippen LogP contribution in [0, 0.1) is 0 Å². The Labute approximate surface area is 392 Å². The fraction of sp³-hybridized carbons (Fsp3) is 0. The lowest BCUT2D eigenvalue weighted by atomic mass is 9.80. The Kier molecular flexibility index (Phi) is 7.81. The minimum absolute atomic E-state index is 0.880. The molecule has 2 nitrogen and oxygen atoms in total. The van der Waals surface area contributed by atoms with Gasteiger partial charge in [0.05, 0.1) is 0 Å². The molecule has 2 heteroatoms. The highest BCUT2D eigenvalue weighted by Crippen LogP contribution is 2.55. The molecule has 0 saturated carbocycles. The van der Waals surface area contributed by atoms with Crippen LogP contribution < -0.4 is 9.47 Å². The van der Waals surface area contributed by atoms with Crippen molar-refractivity contribution in [3.05, 3.63) is 231 Å². The van der Waals surface area contributed by atoms with Gasteiger partial charge in [-0.05, 0) is 146 Å². The quantitative estimate of drug-likeness (QED) is 0.164. The molecule has 314 valence electrons. The van der Waals surface area contributed by atoms with Crippen LogP contribution >= 0.6 is 0 Å². The average Bonchev–Trinajstić information content (AvgIpc) is 3.40. The van der Waals surface area contributed by atoms with Crippen LogP contribution in [0.5, 0.6) is 23.0 Å². The van der Waals surface area contributed by atoms with Crippen LogP contribution in [0.15, 0.2) is 231 Å². The molecule has 13 aromatic carbocycles. The monoisotopic (exact) mass is 862 g/mol. The maximum absolute atomic E-state index is 6.70. The lowest BCUT2D eigenvalue weighted by Crippen LogP contribution is -1.99. The fourth-order valence-corrected chi connectivity index (χ4v) is 11.7. The van der Waals surface area contributed by atoms with Crippen molar-refractivity contribution in [2.45, 2.75) is 0 Å². The Hall–Kier alpha value is -8.98. The third kappa shape index (κ3) is 5.34. The second kappa shape index (κ2) is 14.3. The second-order valence-electron chi connectivity index (χ2n) is 18.2. The third-order valence-corrected chi connectivity index (χ3v) is 14.7. The van der Waals surface area contributed by atoms with Gasteiger partial charge in [-0.2, -0.15) is 0 Å². The molecule has 0 radical (unpaired) electrons. The summed E-state index contributed by atoms with van der Waals surface area (Å²) in [6.07, 6.45) is 0. The summed E-state index contributed by atoms with van der Waals surface area (Å²) in [4.78, 5) is 0. The fourth-order valence-electron chi connectivity index (χ4n) is 11.7. The first kappa shape index (κ1) is 37.3. The molecule has 0 unspecified atom stereocenters. The maximum atomic E-state index is 6.70. The van der Waals surface area contributed by atoms with Gasteiger partial charge < -0.3 is 9.47 Å². The predicted molar refractivity (Wildman–Crippen MR) is 284 cm³/mol. The van der Waals surface area contributed by atoms with Crippen molar-refractivity contribution < 1.29 is 9.47 Å². The highest BCUT2D eigenvalue weighted by molar-refractivity contribution is 6.28. The highest BCUT2D eigenvalue weighted by atomic mass is 16.5. The van der Waals surface area contributed by atoms with Crippen molar-refractivity contribution in [1.82, 2.24) is 0 Å². The van der Waals surface area contributed by atoms with E-state index in [0.29, 0.717) is 0 Å². The van der Waals surface area contributed by atoms with E-state index in [0.717, 1.165) is 55.7 Å². The summed E-state index contributed by atoms with van der Waals surface area (Å²) in [6.45, 7) is 0. The molecular weight excluding hydrogens is 825 g/mol. The molecule has 0 aromatic heterocycles. The number of ether oxygens (including phenoxy) is 2. The zero-order chi connectivity index (χ0) is 44.5. The molecule has 2 heterocycles. The second-order valence-corrected chi connectivity index (χ2v) is 18.2. The topological polar surface area (TPSA) is 18.5 Å². The zero-order valence-corrected chi connectivity index (χ0v) is 36.8. The van der Waals surface area contributed by atoms with Crippen LogP contribution in [-0.2, 0) is 0 Å². The standard InChI is InChI=1S/C66H38O2/c1-3-17-43-39(13-1)15-9-21-45(43)41-29-31-55-57(37-41)63(53-35-33-51-47-19-5-7-25-59(47)67-61-27-11-23-49(53)65(51)61)56-32-30-42(46-22-10-16-40-14-2-4-18-44(40)46)38-58(56)64(55)54-36-34-52-48-20-6-8-26-60(48)68-62-28-12-24-50(54)66(52)62/h1-38H. The van der Waals surface area contributed by atoms with Crippen molar-refractivity contribution >= 4 is 64.6 Å². The van der Waals surface area contributed by atoms with Gasteiger partial charge in [0, 0.05) is 21.9 Å². The Bertz CT molecular complexity index is 4040. The largest absolute Gasteiger partial charge is 0.456 e. The molecule has 0 spiro atoms. The molecule has 0 N–H and O–H groups in total. The summed E-state index contributed by atoms with van der Waals surface area (Å²) in [5, 5.41) is 14.3. The van der Waals surface area contributed by atoms with Gasteiger partial charge in [-0.15, -0.1) is 0 Å². The molecule has 0 aliphatic carbocycles. The Morgan fingerprint density at radius 1 is 0.206 bits per heavy atom. The van der Waals surface area contributed by atoms with Gasteiger partial charge in [0.15, 0.2) is 0 Å². The summed E-state index contributed by atoms with van der Waals surface area (Å²) in [6, 6.07) is 84.4. The molecule has 0 amide bonds. The summed E-state index contributed by atoms with van der Waals surface area (Å²) >= 11 is 0. The van der Waals surface area contributed by atoms with Crippen LogP contribution in [0.1, 0.15) is 0 Å². The highest BCUT2D eigenvalue weighted by Gasteiger charge is 2.27. The van der Waals surface area contributed by atoms with Gasteiger partial charge >= 0.3 is 0 Å². The number of hydrogen-bond donors (Lipinski definition) is 0. The number of benzene rings is 13. The van der Waals surface area contributed by atoms with Crippen molar-refractivity contribution in [2.24, 2.45) is 0 Å². The molecule has 2 aliphatic rings. The lowest BCUT2D eigenvalue weighted by Gasteiger charge is -2.25. The van der Waals surface area contributed by atoms with E-state index in [9.17, 15) is 0 Å². The first-order valence-corrected chi connectivity index (χ1v) is 23.4. The first-order chi connectivity index (χ1) is 33.7. The van der Waals surface area contributed by atoms with E-state index in [1.165, 1.54) is 98.7 Å². The van der Waals surface area contributed by atoms with Crippen LogP contribution in [0.2, 0.25) is 0 Å². The van der Waals surface area contributed by atoms with Gasteiger partial charge in [0.2, 0.25) is 0 Å². The molecule has 15 rings (SSSR count).